The highest BCUT2D eigenvalue weighted by atomic mass is 15.0. The third-order valence-electron chi connectivity index (χ3n) is 4.55. The van der Waals surface area contributed by atoms with Crippen LogP contribution in [-0.4, -0.2) is 4.57 Å². The summed E-state index contributed by atoms with van der Waals surface area (Å²) in [6.45, 7) is 8.60. The molecule has 1 aliphatic rings. The van der Waals surface area contributed by atoms with E-state index in [1.165, 1.54) is 27.7 Å². The molecule has 0 saturated heterocycles. The van der Waals surface area contributed by atoms with Crippen LogP contribution in [0.3, 0.4) is 0 Å². The molecule has 0 aliphatic carbocycles. The summed E-state index contributed by atoms with van der Waals surface area (Å²) in [5, 5.41) is 1.29. The van der Waals surface area contributed by atoms with Crippen molar-refractivity contribution < 1.29 is 0 Å². The smallest absolute Gasteiger partial charge is 0.0575 e. The van der Waals surface area contributed by atoms with Gasteiger partial charge < -0.3 is 4.57 Å². The minimum Gasteiger partial charge on any atom is -0.309 e. The molecular formula is C19H17N. The van der Waals surface area contributed by atoms with Gasteiger partial charge in [-0.15, -0.1) is 0 Å². The number of hydrogen-bond acceptors (Lipinski definition) is 0. The first kappa shape index (κ1) is 11.5. The molecule has 0 bridgehead atoms. The largest absolute Gasteiger partial charge is 0.309 e. The van der Waals surface area contributed by atoms with Gasteiger partial charge in [0.2, 0.25) is 0 Å². The van der Waals surface area contributed by atoms with Gasteiger partial charge in [-0.2, -0.15) is 0 Å². The van der Waals surface area contributed by atoms with Gasteiger partial charge in [0.1, 0.15) is 0 Å². The zero-order valence-corrected chi connectivity index (χ0v) is 11.9. The topological polar surface area (TPSA) is 4.93 Å². The molecule has 0 N–H and O–H groups in total. The fourth-order valence-electron chi connectivity index (χ4n) is 3.54. The molecular weight excluding hydrogens is 242 g/mol. The van der Waals surface area contributed by atoms with E-state index in [0.29, 0.717) is 0 Å². The highest BCUT2D eigenvalue weighted by molar-refractivity contribution is 5.91. The lowest BCUT2D eigenvalue weighted by molar-refractivity contribution is 0.628. The molecule has 1 aromatic heterocycles. The number of aromatic nitrogens is 1. The molecule has 0 spiro atoms. The van der Waals surface area contributed by atoms with Crippen molar-refractivity contribution in [2.75, 3.05) is 0 Å². The van der Waals surface area contributed by atoms with Crippen LogP contribution in [0.1, 0.15) is 30.7 Å². The highest BCUT2D eigenvalue weighted by Crippen LogP contribution is 2.45. The average Bonchev–Trinajstić information content (AvgIpc) is 2.84. The Labute approximate surface area is 119 Å². The molecule has 4 rings (SSSR count). The number of fused-ring (bicyclic) bond motifs is 2. The SMILES string of the molecule is C=Cc1cc2cccc3c2n1-c1ccccc1C3(C)C. The summed E-state index contributed by atoms with van der Waals surface area (Å²) < 4.78 is 2.35. The molecule has 0 fully saturated rings. The molecule has 2 aromatic carbocycles. The molecule has 98 valence electrons. The van der Waals surface area contributed by atoms with Gasteiger partial charge >= 0.3 is 0 Å². The van der Waals surface area contributed by atoms with Crippen molar-refractivity contribution in [3.63, 3.8) is 0 Å². The molecule has 1 aliphatic heterocycles. The lowest BCUT2D eigenvalue weighted by Crippen LogP contribution is -2.26. The minimum absolute atomic E-state index is 0.0307. The van der Waals surface area contributed by atoms with E-state index in [9.17, 15) is 0 Å². The van der Waals surface area contributed by atoms with Gasteiger partial charge in [-0.3, -0.25) is 0 Å². The van der Waals surface area contributed by atoms with Crippen LogP contribution in [0.2, 0.25) is 0 Å². The number of para-hydroxylation sites is 2. The third kappa shape index (κ3) is 1.23. The molecule has 0 amide bonds. The molecule has 0 radical (unpaired) electrons. The molecule has 0 unspecified atom stereocenters. The molecule has 1 nitrogen and oxygen atoms in total. The highest BCUT2D eigenvalue weighted by Gasteiger charge is 2.33. The Bertz CT molecular complexity index is 849. The van der Waals surface area contributed by atoms with E-state index in [1.54, 1.807) is 0 Å². The maximum Gasteiger partial charge on any atom is 0.0575 e. The first-order chi connectivity index (χ1) is 9.64. The fourth-order valence-corrected chi connectivity index (χ4v) is 3.54. The molecule has 2 heterocycles. The molecule has 0 atom stereocenters. The van der Waals surface area contributed by atoms with Crippen molar-refractivity contribution >= 4 is 17.0 Å². The number of nitrogens with zero attached hydrogens (tertiary/aromatic N) is 1. The standard InChI is InChI=1S/C19H17N/c1-4-14-12-13-8-7-10-16-18(13)20(14)17-11-6-5-9-15(17)19(16,2)3/h4-12H,1H2,2-3H3. The van der Waals surface area contributed by atoms with Gasteiger partial charge in [-0.1, -0.05) is 56.8 Å². The fraction of sp³-hybridized carbons (Fsp3) is 0.158. The maximum atomic E-state index is 3.98. The minimum atomic E-state index is 0.0307. The first-order valence-electron chi connectivity index (χ1n) is 7.02. The van der Waals surface area contributed by atoms with E-state index in [1.807, 2.05) is 6.08 Å². The van der Waals surface area contributed by atoms with Crippen molar-refractivity contribution in [2.24, 2.45) is 0 Å². The van der Waals surface area contributed by atoms with Crippen LogP contribution in [-0.2, 0) is 5.41 Å². The Balaban J connectivity index is 2.29. The van der Waals surface area contributed by atoms with E-state index in [-0.39, 0.29) is 5.41 Å². The molecule has 0 saturated carbocycles. The van der Waals surface area contributed by atoms with Crippen LogP contribution in [0.25, 0.3) is 22.7 Å². The predicted molar refractivity (Wildman–Crippen MR) is 85.5 cm³/mol. The summed E-state index contributed by atoms with van der Waals surface area (Å²) in [6, 6.07) is 17.5. The van der Waals surface area contributed by atoms with Crippen molar-refractivity contribution in [3.8, 4) is 5.69 Å². The summed E-state index contributed by atoms with van der Waals surface area (Å²) in [5.41, 5.74) is 6.56. The summed E-state index contributed by atoms with van der Waals surface area (Å²) in [7, 11) is 0. The Morgan fingerprint density at radius 2 is 1.75 bits per heavy atom. The van der Waals surface area contributed by atoms with E-state index in [0.717, 1.165) is 5.69 Å². The quantitative estimate of drug-likeness (QED) is 0.585. The zero-order chi connectivity index (χ0) is 13.9. The third-order valence-corrected chi connectivity index (χ3v) is 4.55. The van der Waals surface area contributed by atoms with Crippen LogP contribution in [0.5, 0.6) is 0 Å². The van der Waals surface area contributed by atoms with Crippen molar-refractivity contribution in [3.05, 3.63) is 71.9 Å². The molecule has 3 aromatic rings. The lowest BCUT2D eigenvalue weighted by atomic mass is 9.75. The van der Waals surface area contributed by atoms with E-state index in [4.69, 9.17) is 0 Å². The van der Waals surface area contributed by atoms with Gasteiger partial charge in [0.25, 0.3) is 0 Å². The summed E-state index contributed by atoms with van der Waals surface area (Å²) in [5.74, 6) is 0. The maximum absolute atomic E-state index is 3.98. The average molecular weight is 259 g/mol. The zero-order valence-electron chi connectivity index (χ0n) is 11.9. The predicted octanol–water partition coefficient (Wildman–Crippen LogP) is 4.91. The lowest BCUT2D eigenvalue weighted by Gasteiger charge is -2.34. The molecule has 1 heteroatoms. The van der Waals surface area contributed by atoms with Crippen LogP contribution in [0.15, 0.2) is 55.1 Å². The normalized spacial score (nSPS) is 15.1. The van der Waals surface area contributed by atoms with E-state index >= 15 is 0 Å². The van der Waals surface area contributed by atoms with Crippen LogP contribution in [0.4, 0.5) is 0 Å². The second kappa shape index (κ2) is 3.63. The van der Waals surface area contributed by atoms with Crippen molar-refractivity contribution in [1.29, 1.82) is 0 Å². The van der Waals surface area contributed by atoms with E-state index in [2.05, 4.69) is 73.5 Å². The van der Waals surface area contributed by atoms with Crippen LogP contribution >= 0.6 is 0 Å². The van der Waals surface area contributed by atoms with Crippen LogP contribution < -0.4 is 0 Å². The second-order valence-electron chi connectivity index (χ2n) is 5.99. The van der Waals surface area contributed by atoms with Gasteiger partial charge in [-0.05, 0) is 29.3 Å². The first-order valence-corrected chi connectivity index (χ1v) is 7.02. The van der Waals surface area contributed by atoms with Crippen molar-refractivity contribution in [2.45, 2.75) is 19.3 Å². The summed E-state index contributed by atoms with van der Waals surface area (Å²) in [4.78, 5) is 0. The number of hydrogen-bond donors (Lipinski definition) is 0. The van der Waals surface area contributed by atoms with Gasteiger partial charge in [0, 0.05) is 16.5 Å². The molecule has 20 heavy (non-hydrogen) atoms. The van der Waals surface area contributed by atoms with Crippen molar-refractivity contribution in [1.82, 2.24) is 4.57 Å². The number of rotatable bonds is 1. The van der Waals surface area contributed by atoms with Gasteiger partial charge in [0.15, 0.2) is 0 Å². The Kier molecular flexibility index (Phi) is 2.10. The monoisotopic (exact) mass is 259 g/mol. The summed E-state index contributed by atoms with van der Waals surface area (Å²) >= 11 is 0. The van der Waals surface area contributed by atoms with E-state index < -0.39 is 0 Å². The number of benzene rings is 2. The Hall–Kier alpha value is -2.28. The Morgan fingerprint density at radius 1 is 1.00 bits per heavy atom. The second-order valence-corrected chi connectivity index (χ2v) is 5.99. The van der Waals surface area contributed by atoms with Gasteiger partial charge in [0.05, 0.1) is 11.2 Å². The summed E-state index contributed by atoms with van der Waals surface area (Å²) in [6.07, 6.45) is 1.94. The van der Waals surface area contributed by atoms with Gasteiger partial charge in [-0.25, -0.2) is 0 Å². The Morgan fingerprint density at radius 3 is 2.55 bits per heavy atom. The van der Waals surface area contributed by atoms with Crippen LogP contribution in [0, 0.1) is 0 Å².